The van der Waals surface area contributed by atoms with Crippen molar-refractivity contribution in [1.29, 1.82) is 0 Å². The monoisotopic (exact) mass is 357 g/mol. The number of aryl methyl sites for hydroxylation is 1. The van der Waals surface area contributed by atoms with Crippen molar-refractivity contribution in [2.75, 3.05) is 0 Å². The van der Waals surface area contributed by atoms with Crippen molar-refractivity contribution in [3.05, 3.63) is 71.3 Å². The number of para-hydroxylation sites is 1. The molecule has 1 aromatic heterocycles. The van der Waals surface area contributed by atoms with Crippen molar-refractivity contribution in [3.63, 3.8) is 0 Å². The number of benzene rings is 2. The van der Waals surface area contributed by atoms with Gasteiger partial charge in [-0.15, -0.1) is 5.10 Å². The van der Waals surface area contributed by atoms with Crippen molar-refractivity contribution in [3.8, 4) is 0 Å². The highest BCUT2D eigenvalue weighted by Gasteiger charge is 2.14. The van der Waals surface area contributed by atoms with Crippen LogP contribution in [-0.2, 0) is 10.0 Å². The molecule has 0 saturated heterocycles. The molecule has 0 fully saturated rings. The molecule has 3 N–H and O–H groups in total. The number of amides is 1. The molecule has 0 radical (unpaired) electrons. The summed E-state index contributed by atoms with van der Waals surface area (Å²) in [5.41, 5.74) is 6.48. The third-order valence-electron chi connectivity index (χ3n) is 3.52. The van der Waals surface area contributed by atoms with Crippen LogP contribution in [0.2, 0.25) is 0 Å². The minimum Gasteiger partial charge on any atom is -0.436 e. The summed E-state index contributed by atoms with van der Waals surface area (Å²) >= 11 is 0. The second-order valence-corrected chi connectivity index (χ2v) is 7.05. The van der Waals surface area contributed by atoms with E-state index in [1.165, 1.54) is 18.2 Å². The fourth-order valence-electron chi connectivity index (χ4n) is 2.20. The number of nitrogens with two attached hydrogens (primary N) is 1. The maximum absolute atomic E-state index is 12.3. The van der Waals surface area contributed by atoms with Crippen LogP contribution in [0, 0.1) is 6.92 Å². The first-order valence-corrected chi connectivity index (χ1v) is 8.80. The van der Waals surface area contributed by atoms with E-state index in [1.54, 1.807) is 36.4 Å². The van der Waals surface area contributed by atoms with Gasteiger partial charge >= 0.3 is 0 Å². The van der Waals surface area contributed by atoms with E-state index >= 15 is 0 Å². The van der Waals surface area contributed by atoms with Crippen molar-refractivity contribution in [2.24, 2.45) is 10.8 Å². The lowest BCUT2D eigenvalue weighted by Gasteiger charge is -2.05. The molecule has 0 unspecified atom stereocenters. The lowest BCUT2D eigenvalue weighted by Crippen LogP contribution is -2.27. The Morgan fingerprint density at radius 3 is 2.48 bits per heavy atom. The molecule has 7 nitrogen and oxygen atoms in total. The Morgan fingerprint density at radius 1 is 1.12 bits per heavy atom. The number of sulfonamides is 1. The molecule has 128 valence electrons. The predicted molar refractivity (Wildman–Crippen MR) is 91.8 cm³/mol. The second kappa shape index (κ2) is 6.40. The normalized spacial score (nSPS) is 12.3. The third-order valence-corrected chi connectivity index (χ3v) is 4.74. The number of carbonyl (C=O) groups excluding carboxylic acids is 1. The number of nitrogens with zero attached hydrogens (tertiary/aromatic N) is 1. The Balaban J connectivity index is 2.07. The van der Waals surface area contributed by atoms with Gasteiger partial charge in [0.15, 0.2) is 0 Å². The van der Waals surface area contributed by atoms with Crippen LogP contribution < -0.4 is 16.1 Å². The van der Waals surface area contributed by atoms with Gasteiger partial charge in [0.2, 0.25) is 5.55 Å². The average Bonchev–Trinajstić information content (AvgIpc) is 2.59. The third kappa shape index (κ3) is 3.53. The van der Waals surface area contributed by atoms with Gasteiger partial charge in [0.05, 0.1) is 4.90 Å². The fraction of sp³-hybridized carbons (Fsp3) is 0.0588. The van der Waals surface area contributed by atoms with Crippen LogP contribution in [0.1, 0.15) is 15.9 Å². The topological polar surface area (TPSA) is 115 Å². The molecule has 1 heterocycles. The maximum atomic E-state index is 12.3. The molecule has 1 amide bonds. The number of carbonyl (C=O) groups is 1. The first-order valence-electron chi connectivity index (χ1n) is 7.32. The molecule has 3 aromatic rings. The van der Waals surface area contributed by atoms with Gasteiger partial charge in [0, 0.05) is 5.39 Å². The first-order chi connectivity index (χ1) is 11.9. The molecule has 0 aliphatic rings. The van der Waals surface area contributed by atoms with E-state index in [9.17, 15) is 13.2 Å². The molecule has 0 saturated carbocycles. The van der Waals surface area contributed by atoms with Gasteiger partial charge in [-0.25, -0.2) is 0 Å². The second-order valence-electron chi connectivity index (χ2n) is 5.39. The zero-order valence-electron chi connectivity index (χ0n) is 13.3. The summed E-state index contributed by atoms with van der Waals surface area (Å²) in [6.07, 6.45) is 0. The van der Waals surface area contributed by atoms with Crippen LogP contribution in [-0.4, -0.2) is 14.3 Å². The number of fused-ring (bicyclic) bond motifs is 1. The van der Waals surface area contributed by atoms with E-state index in [4.69, 9.17) is 10.2 Å². The molecule has 2 aromatic carbocycles. The van der Waals surface area contributed by atoms with Gasteiger partial charge in [-0.1, -0.05) is 35.9 Å². The van der Waals surface area contributed by atoms with Crippen molar-refractivity contribution in [2.45, 2.75) is 11.8 Å². The smallest absolute Gasteiger partial charge is 0.276 e. The van der Waals surface area contributed by atoms with E-state index in [2.05, 4.69) is 9.93 Å². The number of primary amides is 1. The zero-order valence-corrected chi connectivity index (χ0v) is 14.1. The van der Waals surface area contributed by atoms with Crippen LogP contribution >= 0.6 is 0 Å². The molecular formula is C17H15N3O4S. The largest absolute Gasteiger partial charge is 0.436 e. The number of rotatable bonds is 4. The summed E-state index contributed by atoms with van der Waals surface area (Å²) in [6, 6.07) is 14.7. The van der Waals surface area contributed by atoms with Gasteiger partial charge < -0.3 is 10.2 Å². The molecule has 0 spiro atoms. The molecule has 0 aliphatic carbocycles. The summed E-state index contributed by atoms with van der Waals surface area (Å²) in [6.45, 7) is 1.85. The Bertz CT molecular complexity index is 1120. The molecule has 25 heavy (non-hydrogen) atoms. The SMILES string of the molecule is Cc1ccc(S(=O)(=O)N/N=c2/oc3ccccc3cc2C(N)=O)cc1. The number of nitrogens with one attached hydrogen (secondary N) is 1. The van der Waals surface area contributed by atoms with Crippen LogP contribution in [0.15, 0.2) is 69.0 Å². The van der Waals surface area contributed by atoms with Crippen LogP contribution in [0.5, 0.6) is 0 Å². The van der Waals surface area contributed by atoms with E-state index in [0.29, 0.717) is 11.0 Å². The summed E-state index contributed by atoms with van der Waals surface area (Å²) < 4.78 is 30.1. The summed E-state index contributed by atoms with van der Waals surface area (Å²) in [5, 5.41) is 4.39. The Morgan fingerprint density at radius 2 is 1.80 bits per heavy atom. The summed E-state index contributed by atoms with van der Waals surface area (Å²) in [7, 11) is -3.90. The van der Waals surface area contributed by atoms with E-state index in [1.807, 2.05) is 6.92 Å². The van der Waals surface area contributed by atoms with Crippen molar-refractivity contribution < 1.29 is 17.6 Å². The Hall–Kier alpha value is -3.13. The van der Waals surface area contributed by atoms with Gasteiger partial charge in [0.1, 0.15) is 11.1 Å². The first kappa shape index (κ1) is 16.7. The number of hydrogen-bond donors (Lipinski definition) is 2. The molecule has 8 heteroatoms. The Labute approximate surface area is 143 Å². The molecule has 0 aliphatic heterocycles. The van der Waals surface area contributed by atoms with Crippen LogP contribution in [0.25, 0.3) is 11.0 Å². The van der Waals surface area contributed by atoms with Gasteiger partial charge in [-0.2, -0.15) is 13.2 Å². The summed E-state index contributed by atoms with van der Waals surface area (Å²) in [5.74, 6) is -0.775. The highest BCUT2D eigenvalue weighted by atomic mass is 32.2. The highest BCUT2D eigenvalue weighted by Crippen LogP contribution is 2.13. The molecular weight excluding hydrogens is 342 g/mol. The predicted octanol–water partition coefficient (Wildman–Crippen LogP) is 1.63. The summed E-state index contributed by atoms with van der Waals surface area (Å²) in [4.78, 5) is 13.7. The standard InChI is InChI=1S/C17H15N3O4S/c1-11-6-8-13(9-7-11)25(22,23)20-19-17-14(16(18)21)10-12-4-2-3-5-15(12)24-17/h2-10,20H,1H3,(H2,18,21)/b19-17+. The Kier molecular flexibility index (Phi) is 4.28. The van der Waals surface area contributed by atoms with E-state index in [-0.39, 0.29) is 16.0 Å². The molecule has 0 bridgehead atoms. The maximum Gasteiger partial charge on any atom is 0.276 e. The van der Waals surface area contributed by atoms with E-state index in [0.717, 1.165) is 5.56 Å². The van der Waals surface area contributed by atoms with Gasteiger partial charge in [0.25, 0.3) is 15.9 Å². The lowest BCUT2D eigenvalue weighted by atomic mass is 10.2. The van der Waals surface area contributed by atoms with Gasteiger partial charge in [-0.05, 0) is 31.2 Å². The fourth-order valence-corrected chi connectivity index (χ4v) is 3.00. The van der Waals surface area contributed by atoms with Crippen molar-refractivity contribution in [1.82, 2.24) is 4.83 Å². The molecule has 3 rings (SSSR count). The zero-order chi connectivity index (χ0) is 18.0. The van der Waals surface area contributed by atoms with Crippen molar-refractivity contribution >= 4 is 26.9 Å². The minimum absolute atomic E-state index is 0.0229. The van der Waals surface area contributed by atoms with Crippen LogP contribution in [0.3, 0.4) is 0 Å². The van der Waals surface area contributed by atoms with E-state index < -0.39 is 15.9 Å². The lowest BCUT2D eigenvalue weighted by molar-refractivity contribution is 0.0996. The highest BCUT2D eigenvalue weighted by molar-refractivity contribution is 7.89. The minimum atomic E-state index is -3.90. The average molecular weight is 357 g/mol. The molecule has 0 atom stereocenters. The van der Waals surface area contributed by atoms with Crippen LogP contribution in [0.4, 0.5) is 0 Å². The quantitative estimate of drug-likeness (QED) is 0.691. The number of hydrogen-bond acceptors (Lipinski definition) is 5. The van der Waals surface area contributed by atoms with Gasteiger partial charge in [-0.3, -0.25) is 4.79 Å².